The number of piperidine rings is 1. The smallest absolute Gasteiger partial charge is 0.244 e. The van der Waals surface area contributed by atoms with E-state index in [0.29, 0.717) is 0 Å². The fourth-order valence-electron chi connectivity index (χ4n) is 2.97. The van der Waals surface area contributed by atoms with Gasteiger partial charge in [-0.25, -0.2) is 0 Å². The van der Waals surface area contributed by atoms with Crippen LogP contribution in [0, 0.1) is 0 Å². The van der Waals surface area contributed by atoms with Gasteiger partial charge in [0.2, 0.25) is 5.91 Å². The van der Waals surface area contributed by atoms with Gasteiger partial charge in [0.25, 0.3) is 0 Å². The number of para-hydroxylation sites is 1. The molecule has 0 saturated carbocycles. The topological polar surface area (TPSA) is 32.3 Å². The monoisotopic (exact) mass is 288 g/mol. The first kappa shape index (κ1) is 16.0. The van der Waals surface area contributed by atoms with Gasteiger partial charge in [-0.15, -0.1) is 0 Å². The summed E-state index contributed by atoms with van der Waals surface area (Å²) in [6, 6.07) is 8.30. The highest BCUT2D eigenvalue weighted by atomic mass is 16.2. The van der Waals surface area contributed by atoms with E-state index >= 15 is 0 Å². The lowest BCUT2D eigenvalue weighted by atomic mass is 9.85. The predicted molar refractivity (Wildman–Crippen MR) is 88.8 cm³/mol. The van der Waals surface area contributed by atoms with E-state index in [1.54, 1.807) is 0 Å². The van der Waals surface area contributed by atoms with Crippen LogP contribution in [0.4, 0.5) is 5.69 Å². The number of nitrogens with one attached hydrogen (secondary N) is 1. The molecule has 0 spiro atoms. The van der Waals surface area contributed by atoms with Gasteiger partial charge in [0.05, 0.1) is 6.04 Å². The Morgan fingerprint density at radius 1 is 1.29 bits per heavy atom. The van der Waals surface area contributed by atoms with Crippen molar-refractivity contribution in [2.45, 2.75) is 58.4 Å². The second-order valence-corrected chi connectivity index (χ2v) is 6.91. The maximum absolute atomic E-state index is 12.8. The van der Waals surface area contributed by atoms with Crippen LogP contribution in [-0.4, -0.2) is 25.0 Å². The minimum absolute atomic E-state index is 0.0216. The molecule has 1 N–H and O–H groups in total. The molecule has 1 heterocycles. The first-order valence-corrected chi connectivity index (χ1v) is 8.09. The lowest BCUT2D eigenvalue weighted by molar-refractivity contribution is -0.121. The summed E-state index contributed by atoms with van der Waals surface area (Å²) in [5.41, 5.74) is 2.37. The van der Waals surface area contributed by atoms with E-state index in [0.717, 1.165) is 38.0 Å². The summed E-state index contributed by atoms with van der Waals surface area (Å²) >= 11 is 0. The largest absolute Gasteiger partial charge is 0.311 e. The van der Waals surface area contributed by atoms with Crippen molar-refractivity contribution >= 4 is 11.6 Å². The number of anilines is 1. The molecule has 0 aliphatic carbocycles. The standard InChI is InChI=1S/C18H28N2O/c1-5-12-19-15-10-8-13-20(17(15)21)16-11-7-6-9-14(16)18(2,3)4/h6-7,9,11,15,19H,5,8,10,12-13H2,1-4H3. The van der Waals surface area contributed by atoms with Crippen molar-refractivity contribution in [3.05, 3.63) is 29.8 Å². The molecular weight excluding hydrogens is 260 g/mol. The van der Waals surface area contributed by atoms with Gasteiger partial charge in [0.15, 0.2) is 0 Å². The summed E-state index contributed by atoms with van der Waals surface area (Å²) < 4.78 is 0. The van der Waals surface area contributed by atoms with Crippen molar-refractivity contribution in [1.82, 2.24) is 5.32 Å². The van der Waals surface area contributed by atoms with Crippen molar-refractivity contribution in [1.29, 1.82) is 0 Å². The Bertz CT molecular complexity index is 490. The number of carbonyl (C=O) groups is 1. The van der Waals surface area contributed by atoms with Crippen molar-refractivity contribution in [2.75, 3.05) is 18.0 Å². The number of nitrogens with zero attached hydrogens (tertiary/aromatic N) is 1. The summed E-state index contributed by atoms with van der Waals surface area (Å²) in [7, 11) is 0. The fraction of sp³-hybridized carbons (Fsp3) is 0.611. The molecule has 0 bridgehead atoms. The summed E-state index contributed by atoms with van der Waals surface area (Å²) in [4.78, 5) is 14.8. The van der Waals surface area contributed by atoms with Crippen LogP contribution in [0.2, 0.25) is 0 Å². The SMILES string of the molecule is CCCNC1CCCN(c2ccccc2C(C)(C)C)C1=O. The normalized spacial score (nSPS) is 19.9. The summed E-state index contributed by atoms with van der Waals surface area (Å²) in [5, 5.41) is 3.39. The Hall–Kier alpha value is -1.35. The summed E-state index contributed by atoms with van der Waals surface area (Å²) in [5.74, 6) is 0.228. The molecular formula is C18H28N2O. The molecule has 1 fully saturated rings. The number of benzene rings is 1. The van der Waals surface area contributed by atoms with Crippen LogP contribution in [0.3, 0.4) is 0 Å². The Morgan fingerprint density at radius 2 is 2.00 bits per heavy atom. The summed E-state index contributed by atoms with van der Waals surface area (Å²) in [6.45, 7) is 10.5. The molecule has 21 heavy (non-hydrogen) atoms. The molecule has 1 unspecified atom stereocenters. The third kappa shape index (κ3) is 3.65. The van der Waals surface area contributed by atoms with Gasteiger partial charge >= 0.3 is 0 Å². The first-order chi connectivity index (χ1) is 9.95. The van der Waals surface area contributed by atoms with Crippen LogP contribution in [-0.2, 0) is 10.2 Å². The molecule has 2 rings (SSSR count). The van der Waals surface area contributed by atoms with Gasteiger partial charge in [-0.2, -0.15) is 0 Å². The van der Waals surface area contributed by atoms with E-state index in [9.17, 15) is 4.79 Å². The number of rotatable bonds is 4. The molecule has 1 aromatic carbocycles. The highest BCUT2D eigenvalue weighted by Gasteiger charge is 2.31. The zero-order valence-corrected chi connectivity index (χ0v) is 13.8. The van der Waals surface area contributed by atoms with E-state index in [2.05, 4.69) is 51.2 Å². The number of carbonyl (C=O) groups excluding carboxylic acids is 1. The molecule has 3 heteroatoms. The molecule has 0 radical (unpaired) electrons. The minimum Gasteiger partial charge on any atom is -0.311 e. The molecule has 116 valence electrons. The van der Waals surface area contributed by atoms with Gasteiger partial charge in [-0.1, -0.05) is 45.9 Å². The van der Waals surface area contributed by atoms with Crippen LogP contribution in [0.25, 0.3) is 0 Å². The summed E-state index contributed by atoms with van der Waals surface area (Å²) in [6.07, 6.45) is 3.07. The Morgan fingerprint density at radius 3 is 2.67 bits per heavy atom. The van der Waals surface area contributed by atoms with Crippen LogP contribution >= 0.6 is 0 Å². The Balaban J connectivity index is 2.27. The van der Waals surface area contributed by atoms with Crippen molar-refractivity contribution in [3.8, 4) is 0 Å². The Labute approximate surface area is 128 Å². The molecule has 1 amide bonds. The van der Waals surface area contributed by atoms with E-state index < -0.39 is 0 Å². The molecule has 1 aliphatic rings. The lowest BCUT2D eigenvalue weighted by Crippen LogP contribution is -2.51. The zero-order valence-electron chi connectivity index (χ0n) is 13.8. The average Bonchev–Trinajstić information content (AvgIpc) is 2.45. The fourth-order valence-corrected chi connectivity index (χ4v) is 2.97. The lowest BCUT2D eigenvalue weighted by Gasteiger charge is -2.36. The van der Waals surface area contributed by atoms with Gasteiger partial charge < -0.3 is 10.2 Å². The van der Waals surface area contributed by atoms with Crippen LogP contribution in [0.15, 0.2) is 24.3 Å². The van der Waals surface area contributed by atoms with E-state index in [1.807, 2.05) is 11.0 Å². The van der Waals surface area contributed by atoms with Crippen molar-refractivity contribution in [3.63, 3.8) is 0 Å². The Kier molecular flexibility index (Phi) is 5.04. The predicted octanol–water partition coefficient (Wildman–Crippen LogP) is 3.48. The maximum Gasteiger partial charge on any atom is 0.244 e. The third-order valence-corrected chi connectivity index (χ3v) is 4.08. The van der Waals surface area contributed by atoms with E-state index in [4.69, 9.17) is 0 Å². The average molecular weight is 288 g/mol. The molecule has 1 aliphatic heterocycles. The molecule has 1 saturated heterocycles. The number of hydrogen-bond acceptors (Lipinski definition) is 2. The minimum atomic E-state index is -0.0216. The first-order valence-electron chi connectivity index (χ1n) is 8.09. The third-order valence-electron chi connectivity index (χ3n) is 4.08. The van der Waals surface area contributed by atoms with Crippen LogP contribution < -0.4 is 10.2 Å². The molecule has 3 nitrogen and oxygen atoms in total. The zero-order chi connectivity index (χ0) is 15.5. The highest BCUT2D eigenvalue weighted by Crippen LogP contribution is 2.33. The van der Waals surface area contributed by atoms with Crippen molar-refractivity contribution < 1.29 is 4.79 Å². The number of amides is 1. The molecule has 1 atom stereocenters. The van der Waals surface area contributed by atoms with Crippen LogP contribution in [0.1, 0.15) is 52.5 Å². The molecule has 0 aromatic heterocycles. The second-order valence-electron chi connectivity index (χ2n) is 6.91. The number of hydrogen-bond donors (Lipinski definition) is 1. The van der Waals surface area contributed by atoms with Gasteiger partial charge in [-0.05, 0) is 42.9 Å². The van der Waals surface area contributed by atoms with E-state index in [-0.39, 0.29) is 17.4 Å². The second kappa shape index (κ2) is 6.61. The van der Waals surface area contributed by atoms with Gasteiger partial charge in [0.1, 0.15) is 0 Å². The van der Waals surface area contributed by atoms with Crippen LogP contribution in [0.5, 0.6) is 0 Å². The van der Waals surface area contributed by atoms with E-state index in [1.165, 1.54) is 5.56 Å². The molecule has 1 aromatic rings. The highest BCUT2D eigenvalue weighted by molar-refractivity contribution is 5.98. The quantitative estimate of drug-likeness (QED) is 0.920. The van der Waals surface area contributed by atoms with Gasteiger partial charge in [0, 0.05) is 12.2 Å². The van der Waals surface area contributed by atoms with Crippen molar-refractivity contribution in [2.24, 2.45) is 0 Å². The van der Waals surface area contributed by atoms with Gasteiger partial charge in [-0.3, -0.25) is 4.79 Å². The maximum atomic E-state index is 12.8.